The predicted molar refractivity (Wildman–Crippen MR) is 44.9 cm³/mol. The topological polar surface area (TPSA) is 49.3 Å². The summed E-state index contributed by atoms with van der Waals surface area (Å²) in [6.45, 7) is 1.00. The van der Waals surface area contributed by atoms with E-state index in [9.17, 15) is 4.79 Å². The Hall–Kier alpha value is -0.570. The average molecular weight is 169 g/mol. The van der Waals surface area contributed by atoms with Gasteiger partial charge in [-0.3, -0.25) is 4.79 Å². The number of hydrogen-bond acceptors (Lipinski definition) is 2. The Kier molecular flexibility index (Phi) is 2.05. The van der Waals surface area contributed by atoms with Crippen LogP contribution in [0.5, 0.6) is 0 Å². The Morgan fingerprint density at radius 1 is 1.33 bits per heavy atom. The molecule has 0 spiro atoms. The highest BCUT2D eigenvalue weighted by molar-refractivity contribution is 5.71. The van der Waals surface area contributed by atoms with Gasteiger partial charge < -0.3 is 10.4 Å². The molecule has 1 saturated carbocycles. The summed E-state index contributed by atoms with van der Waals surface area (Å²) in [5.74, 6) is -0.0725. The fourth-order valence-corrected chi connectivity index (χ4v) is 2.14. The number of aliphatic carboxylic acids is 1. The van der Waals surface area contributed by atoms with Gasteiger partial charge in [0.05, 0.1) is 5.92 Å². The van der Waals surface area contributed by atoms with Gasteiger partial charge in [-0.2, -0.15) is 0 Å². The maximum Gasteiger partial charge on any atom is 0.308 e. The lowest BCUT2D eigenvalue weighted by molar-refractivity contribution is -0.143. The Labute approximate surface area is 72.2 Å². The van der Waals surface area contributed by atoms with Crippen LogP contribution in [0.25, 0.3) is 0 Å². The monoisotopic (exact) mass is 169 g/mol. The number of rotatable bonds is 2. The Balaban J connectivity index is 2.00. The third-order valence-electron chi connectivity index (χ3n) is 2.95. The van der Waals surface area contributed by atoms with Crippen molar-refractivity contribution >= 4 is 5.97 Å². The maximum atomic E-state index is 10.9. The average Bonchev–Trinajstić information content (AvgIpc) is 2.87. The van der Waals surface area contributed by atoms with E-state index in [0.29, 0.717) is 5.92 Å². The van der Waals surface area contributed by atoms with Crippen LogP contribution in [0, 0.1) is 11.8 Å². The largest absolute Gasteiger partial charge is 0.481 e. The van der Waals surface area contributed by atoms with E-state index in [1.165, 1.54) is 12.8 Å². The highest BCUT2D eigenvalue weighted by atomic mass is 16.4. The van der Waals surface area contributed by atoms with Crippen LogP contribution in [0.3, 0.4) is 0 Å². The van der Waals surface area contributed by atoms with Gasteiger partial charge in [-0.1, -0.05) is 0 Å². The molecule has 1 aliphatic heterocycles. The van der Waals surface area contributed by atoms with Crippen LogP contribution < -0.4 is 5.32 Å². The van der Waals surface area contributed by atoms with Crippen LogP contribution in [0.4, 0.5) is 0 Å². The van der Waals surface area contributed by atoms with E-state index in [1.54, 1.807) is 0 Å². The first-order chi connectivity index (χ1) is 5.79. The zero-order valence-corrected chi connectivity index (χ0v) is 7.12. The number of carbonyl (C=O) groups is 1. The first-order valence-corrected chi connectivity index (χ1v) is 4.75. The van der Waals surface area contributed by atoms with E-state index in [-0.39, 0.29) is 12.0 Å². The zero-order chi connectivity index (χ0) is 8.55. The fraction of sp³-hybridized carbons (Fsp3) is 0.889. The van der Waals surface area contributed by atoms with E-state index in [4.69, 9.17) is 5.11 Å². The lowest BCUT2D eigenvalue weighted by Crippen LogP contribution is -2.46. The molecular weight excluding hydrogens is 154 g/mol. The maximum absolute atomic E-state index is 10.9. The highest BCUT2D eigenvalue weighted by Crippen LogP contribution is 2.38. The minimum absolute atomic E-state index is 0.119. The number of piperidine rings is 1. The molecule has 0 aromatic carbocycles. The van der Waals surface area contributed by atoms with Crippen molar-refractivity contribution in [1.29, 1.82) is 0 Å². The van der Waals surface area contributed by atoms with Crippen molar-refractivity contribution in [3.63, 3.8) is 0 Å². The third-order valence-corrected chi connectivity index (χ3v) is 2.95. The first-order valence-electron chi connectivity index (χ1n) is 4.75. The molecule has 0 aromatic heterocycles. The van der Waals surface area contributed by atoms with Gasteiger partial charge in [-0.15, -0.1) is 0 Å². The number of hydrogen-bond donors (Lipinski definition) is 2. The Morgan fingerprint density at radius 2 is 2.08 bits per heavy atom. The van der Waals surface area contributed by atoms with Crippen LogP contribution in [0.15, 0.2) is 0 Å². The van der Waals surface area contributed by atoms with E-state index in [1.807, 2.05) is 0 Å². The molecule has 2 atom stereocenters. The first kappa shape index (κ1) is 8.05. The van der Waals surface area contributed by atoms with Crippen molar-refractivity contribution < 1.29 is 9.90 Å². The SMILES string of the molecule is O=C(O)[C@@H]1CCCN[C@H]1C1CC1. The van der Waals surface area contributed by atoms with Crippen LogP contribution in [-0.4, -0.2) is 23.7 Å². The molecule has 2 rings (SSSR count). The molecule has 3 nitrogen and oxygen atoms in total. The summed E-state index contributed by atoms with van der Waals surface area (Å²) in [4.78, 5) is 10.9. The summed E-state index contributed by atoms with van der Waals surface area (Å²) in [6, 6.07) is 0.274. The molecule has 0 aromatic rings. The second-order valence-electron chi connectivity index (χ2n) is 3.90. The Morgan fingerprint density at radius 3 is 2.67 bits per heavy atom. The normalized spacial score (nSPS) is 36.3. The molecule has 3 heteroatoms. The van der Waals surface area contributed by atoms with Crippen LogP contribution in [0.1, 0.15) is 25.7 Å². The summed E-state index contributed by atoms with van der Waals surface area (Å²) in [7, 11) is 0. The van der Waals surface area contributed by atoms with Gasteiger partial charge >= 0.3 is 5.97 Å². The third kappa shape index (κ3) is 1.46. The second kappa shape index (κ2) is 3.05. The summed E-state index contributed by atoms with van der Waals surface area (Å²) in [6.07, 6.45) is 4.33. The molecule has 0 radical (unpaired) electrons. The molecule has 1 aliphatic carbocycles. The minimum Gasteiger partial charge on any atom is -0.481 e. The van der Waals surface area contributed by atoms with Crippen molar-refractivity contribution in [3.8, 4) is 0 Å². The molecule has 12 heavy (non-hydrogen) atoms. The molecule has 1 saturated heterocycles. The molecule has 0 bridgehead atoms. The Bertz CT molecular complexity index is 189. The lowest BCUT2D eigenvalue weighted by atomic mass is 9.88. The van der Waals surface area contributed by atoms with E-state index in [2.05, 4.69) is 5.32 Å². The van der Waals surface area contributed by atoms with Crippen molar-refractivity contribution in [2.75, 3.05) is 6.54 Å². The highest BCUT2D eigenvalue weighted by Gasteiger charge is 2.40. The quantitative estimate of drug-likeness (QED) is 0.644. The summed E-state index contributed by atoms with van der Waals surface area (Å²) >= 11 is 0. The van der Waals surface area contributed by atoms with Gasteiger partial charge in [-0.05, 0) is 38.1 Å². The van der Waals surface area contributed by atoms with Crippen LogP contribution in [-0.2, 0) is 4.79 Å². The predicted octanol–water partition coefficient (Wildman–Crippen LogP) is 0.849. The van der Waals surface area contributed by atoms with E-state index < -0.39 is 5.97 Å². The lowest BCUT2D eigenvalue weighted by Gasteiger charge is -2.29. The van der Waals surface area contributed by atoms with E-state index >= 15 is 0 Å². The van der Waals surface area contributed by atoms with Crippen molar-refractivity contribution in [1.82, 2.24) is 5.32 Å². The van der Waals surface area contributed by atoms with Crippen molar-refractivity contribution in [2.45, 2.75) is 31.7 Å². The van der Waals surface area contributed by atoms with Crippen LogP contribution in [0.2, 0.25) is 0 Å². The van der Waals surface area contributed by atoms with Crippen molar-refractivity contribution in [3.05, 3.63) is 0 Å². The van der Waals surface area contributed by atoms with Gasteiger partial charge in [0.2, 0.25) is 0 Å². The molecule has 0 unspecified atom stereocenters. The van der Waals surface area contributed by atoms with Gasteiger partial charge in [0.1, 0.15) is 0 Å². The molecule has 2 fully saturated rings. The van der Waals surface area contributed by atoms with Gasteiger partial charge in [-0.25, -0.2) is 0 Å². The minimum atomic E-state index is -0.612. The molecule has 68 valence electrons. The standard InChI is InChI=1S/C9H15NO2/c11-9(12)7-2-1-5-10-8(7)6-3-4-6/h6-8,10H,1-5H2,(H,11,12)/t7-,8+/m1/s1. The van der Waals surface area contributed by atoms with Gasteiger partial charge in [0.25, 0.3) is 0 Å². The van der Waals surface area contributed by atoms with Crippen LogP contribution >= 0.6 is 0 Å². The molecule has 2 N–H and O–H groups in total. The molecule has 2 aliphatic rings. The summed E-state index contributed by atoms with van der Waals surface area (Å²) < 4.78 is 0. The molecule has 0 amide bonds. The summed E-state index contributed by atoms with van der Waals surface area (Å²) in [5, 5.41) is 12.3. The second-order valence-corrected chi connectivity index (χ2v) is 3.90. The molecular formula is C9H15NO2. The zero-order valence-electron chi connectivity index (χ0n) is 7.12. The molecule has 1 heterocycles. The summed E-state index contributed by atoms with van der Waals surface area (Å²) in [5.41, 5.74) is 0. The van der Waals surface area contributed by atoms with E-state index in [0.717, 1.165) is 19.4 Å². The number of nitrogens with one attached hydrogen (secondary N) is 1. The van der Waals surface area contributed by atoms with Crippen molar-refractivity contribution in [2.24, 2.45) is 11.8 Å². The van der Waals surface area contributed by atoms with Gasteiger partial charge in [0.15, 0.2) is 0 Å². The van der Waals surface area contributed by atoms with Gasteiger partial charge in [0, 0.05) is 6.04 Å². The number of carboxylic acids is 1. The fourth-order valence-electron chi connectivity index (χ4n) is 2.14. The smallest absolute Gasteiger partial charge is 0.308 e. The number of carboxylic acid groups (broad SMARTS) is 1.